The number of nitrogens with one attached hydrogen (secondary N) is 3. The van der Waals surface area contributed by atoms with Crippen molar-refractivity contribution in [3.63, 3.8) is 0 Å². The second-order valence-corrected chi connectivity index (χ2v) is 7.96. The predicted octanol–water partition coefficient (Wildman–Crippen LogP) is 3.50. The molecule has 0 fully saturated rings. The van der Waals surface area contributed by atoms with Crippen LogP contribution in [0, 0.1) is 18.3 Å². The molecule has 1 aromatic carbocycles. The average Bonchev–Trinajstić information content (AvgIpc) is 3.14. The number of hydrogen-bond acceptors (Lipinski definition) is 5. The highest BCUT2D eigenvalue weighted by molar-refractivity contribution is 9.10. The highest BCUT2D eigenvalue weighted by atomic mass is 79.9. The summed E-state index contributed by atoms with van der Waals surface area (Å²) in [5.41, 5.74) is 5.53. The van der Waals surface area contributed by atoms with Crippen LogP contribution in [0.15, 0.2) is 47.2 Å². The zero-order valence-corrected chi connectivity index (χ0v) is 19.2. The number of halogens is 2. The van der Waals surface area contributed by atoms with E-state index < -0.39 is 17.7 Å². The Morgan fingerprint density at radius 3 is 2.59 bits per heavy atom. The van der Waals surface area contributed by atoms with Crippen LogP contribution >= 0.6 is 27.5 Å². The smallest absolute Gasteiger partial charge is 0.272 e. The summed E-state index contributed by atoms with van der Waals surface area (Å²) in [6.07, 6.45) is 3.19. The summed E-state index contributed by atoms with van der Waals surface area (Å²) in [5.74, 6) is -1.36. The Bertz CT molecular complexity index is 1280. The summed E-state index contributed by atoms with van der Waals surface area (Å²) >= 11 is 9.59. The van der Waals surface area contributed by atoms with E-state index in [4.69, 9.17) is 11.6 Å². The van der Waals surface area contributed by atoms with E-state index in [2.05, 4.69) is 37.1 Å². The number of carbonyl (C=O) groups excluding carboxylic acids is 3. The van der Waals surface area contributed by atoms with E-state index >= 15 is 0 Å². The van der Waals surface area contributed by atoms with E-state index in [1.54, 1.807) is 37.5 Å². The predicted molar refractivity (Wildman–Crippen MR) is 121 cm³/mol. The minimum Gasteiger partial charge on any atom is -0.320 e. The first-order chi connectivity index (χ1) is 15.2. The molecule has 3 N–H and O–H groups in total. The maximum Gasteiger partial charge on any atom is 0.272 e. The molecule has 2 aromatic heterocycles. The van der Waals surface area contributed by atoms with Gasteiger partial charge < -0.3 is 5.32 Å². The SMILES string of the molecule is CC(=O)NNC(=O)c1cc(C#N)cc(C)c1NC(=O)c1cc(Br)cn1-c1ncccc1Cl. The first-order valence-corrected chi connectivity index (χ1v) is 10.3. The van der Waals surface area contributed by atoms with E-state index in [0.717, 1.165) is 0 Å². The first-order valence-electron chi connectivity index (χ1n) is 9.13. The molecule has 0 saturated heterocycles. The van der Waals surface area contributed by atoms with Gasteiger partial charge in [-0.25, -0.2) is 4.98 Å². The number of benzene rings is 1. The lowest BCUT2D eigenvalue weighted by Crippen LogP contribution is -2.40. The van der Waals surface area contributed by atoms with Crippen molar-refractivity contribution in [2.75, 3.05) is 5.32 Å². The van der Waals surface area contributed by atoms with Gasteiger partial charge in [-0.3, -0.25) is 29.8 Å². The summed E-state index contributed by atoms with van der Waals surface area (Å²) < 4.78 is 2.13. The van der Waals surface area contributed by atoms with Crippen LogP contribution in [-0.4, -0.2) is 27.3 Å². The molecule has 0 radical (unpaired) electrons. The molecule has 0 spiro atoms. The van der Waals surface area contributed by atoms with Gasteiger partial charge in [-0.15, -0.1) is 0 Å². The van der Waals surface area contributed by atoms with Gasteiger partial charge in [0, 0.05) is 23.8 Å². The van der Waals surface area contributed by atoms with Crippen molar-refractivity contribution in [3.8, 4) is 11.9 Å². The van der Waals surface area contributed by atoms with Crippen molar-refractivity contribution in [1.29, 1.82) is 5.26 Å². The molecule has 2 heterocycles. The van der Waals surface area contributed by atoms with Crippen LogP contribution in [-0.2, 0) is 4.79 Å². The lowest BCUT2D eigenvalue weighted by Gasteiger charge is -2.16. The summed E-state index contributed by atoms with van der Waals surface area (Å²) in [6, 6.07) is 9.73. The Labute approximate surface area is 196 Å². The van der Waals surface area contributed by atoms with Crippen molar-refractivity contribution >= 4 is 50.9 Å². The lowest BCUT2D eigenvalue weighted by atomic mass is 10.0. The number of nitrogens with zero attached hydrogens (tertiary/aromatic N) is 3. The van der Waals surface area contributed by atoms with Crippen molar-refractivity contribution in [2.45, 2.75) is 13.8 Å². The number of nitriles is 1. The first kappa shape index (κ1) is 23.0. The number of aryl methyl sites for hydroxylation is 1. The number of aromatic nitrogens is 2. The highest BCUT2D eigenvalue weighted by Crippen LogP contribution is 2.27. The van der Waals surface area contributed by atoms with Crippen LogP contribution in [0.2, 0.25) is 5.02 Å². The van der Waals surface area contributed by atoms with Gasteiger partial charge in [0.2, 0.25) is 5.91 Å². The van der Waals surface area contributed by atoms with Crippen molar-refractivity contribution in [3.05, 3.63) is 74.6 Å². The topological polar surface area (TPSA) is 129 Å². The Hall–Kier alpha value is -3.68. The van der Waals surface area contributed by atoms with Crippen molar-refractivity contribution < 1.29 is 14.4 Å². The Morgan fingerprint density at radius 1 is 1.19 bits per heavy atom. The van der Waals surface area contributed by atoms with Crippen LogP contribution < -0.4 is 16.2 Å². The largest absolute Gasteiger partial charge is 0.320 e. The molecule has 0 aliphatic rings. The van der Waals surface area contributed by atoms with Crippen LogP contribution in [0.4, 0.5) is 5.69 Å². The zero-order chi connectivity index (χ0) is 23.4. The fraction of sp³-hybridized carbons (Fsp3) is 0.0952. The van der Waals surface area contributed by atoms with Crippen LogP contribution in [0.5, 0.6) is 0 Å². The van der Waals surface area contributed by atoms with Gasteiger partial charge in [0.15, 0.2) is 5.82 Å². The number of pyridine rings is 1. The summed E-state index contributed by atoms with van der Waals surface area (Å²) in [4.78, 5) is 41.2. The number of amides is 3. The monoisotopic (exact) mass is 514 g/mol. The maximum atomic E-state index is 13.2. The van der Waals surface area contributed by atoms with Gasteiger partial charge in [0.05, 0.1) is 27.9 Å². The summed E-state index contributed by atoms with van der Waals surface area (Å²) in [5, 5.41) is 12.3. The van der Waals surface area contributed by atoms with Gasteiger partial charge >= 0.3 is 0 Å². The lowest BCUT2D eigenvalue weighted by molar-refractivity contribution is -0.119. The molecule has 0 aliphatic heterocycles. The molecule has 3 amide bonds. The maximum absolute atomic E-state index is 13.2. The molecule has 3 aromatic rings. The molecule has 0 unspecified atom stereocenters. The molecular weight excluding hydrogens is 500 g/mol. The molecule has 32 heavy (non-hydrogen) atoms. The molecule has 3 rings (SSSR count). The minimum atomic E-state index is -0.694. The second-order valence-electron chi connectivity index (χ2n) is 6.64. The summed E-state index contributed by atoms with van der Waals surface area (Å²) in [6.45, 7) is 2.88. The normalized spacial score (nSPS) is 10.2. The minimum absolute atomic E-state index is 0.0108. The third-order valence-electron chi connectivity index (χ3n) is 4.29. The molecule has 11 heteroatoms. The Morgan fingerprint density at radius 2 is 1.94 bits per heavy atom. The average molecular weight is 516 g/mol. The van der Waals surface area contributed by atoms with Crippen LogP contribution in [0.25, 0.3) is 5.82 Å². The fourth-order valence-corrected chi connectivity index (χ4v) is 3.56. The van der Waals surface area contributed by atoms with E-state index in [9.17, 15) is 19.6 Å². The highest BCUT2D eigenvalue weighted by Gasteiger charge is 2.22. The molecule has 0 aliphatic carbocycles. The van der Waals surface area contributed by atoms with E-state index in [0.29, 0.717) is 20.9 Å². The fourth-order valence-electron chi connectivity index (χ4n) is 2.92. The number of anilines is 1. The molecular formula is C21H16BrClN6O3. The van der Waals surface area contributed by atoms with Crippen LogP contribution in [0.3, 0.4) is 0 Å². The quantitative estimate of drug-likeness (QED) is 0.458. The second kappa shape index (κ2) is 9.64. The molecule has 0 atom stereocenters. The van der Waals surface area contributed by atoms with Gasteiger partial charge in [0.25, 0.3) is 11.8 Å². The Balaban J connectivity index is 2.02. The molecule has 9 nitrogen and oxygen atoms in total. The molecule has 0 saturated carbocycles. The third-order valence-corrected chi connectivity index (χ3v) is 5.01. The number of hydrogen-bond donors (Lipinski definition) is 3. The Kier molecular flexibility index (Phi) is 6.92. The molecule has 0 bridgehead atoms. The van der Waals surface area contributed by atoms with Crippen molar-refractivity contribution in [2.24, 2.45) is 0 Å². The van der Waals surface area contributed by atoms with E-state index in [1.807, 2.05) is 6.07 Å². The standard InChI is InChI=1S/C21H16BrClN6O3/c1-11-6-13(9-24)7-15(20(31)28-27-12(2)30)18(11)26-21(32)17-8-14(22)10-29(17)19-16(23)4-3-5-25-19/h3-8,10H,1-2H3,(H,26,32)(H,27,30)(H,28,31). The van der Waals surface area contributed by atoms with Crippen LogP contribution in [0.1, 0.15) is 38.9 Å². The van der Waals surface area contributed by atoms with E-state index in [1.165, 1.54) is 23.6 Å². The van der Waals surface area contributed by atoms with E-state index in [-0.39, 0.29) is 22.5 Å². The third kappa shape index (κ3) is 4.96. The number of carbonyl (C=O) groups is 3. The van der Waals surface area contributed by atoms with Gasteiger partial charge in [-0.1, -0.05) is 11.6 Å². The number of rotatable bonds is 4. The van der Waals surface area contributed by atoms with Gasteiger partial charge in [0.1, 0.15) is 5.69 Å². The number of hydrazine groups is 1. The van der Waals surface area contributed by atoms with Gasteiger partial charge in [-0.2, -0.15) is 5.26 Å². The van der Waals surface area contributed by atoms with Gasteiger partial charge in [-0.05, 0) is 58.7 Å². The molecule has 162 valence electrons. The van der Waals surface area contributed by atoms with Crippen molar-refractivity contribution in [1.82, 2.24) is 20.4 Å². The summed E-state index contributed by atoms with van der Waals surface area (Å²) in [7, 11) is 0. The zero-order valence-electron chi connectivity index (χ0n) is 16.9.